The van der Waals surface area contributed by atoms with Gasteiger partial charge in [0.2, 0.25) is 0 Å². The van der Waals surface area contributed by atoms with Crippen LogP contribution in [0.3, 0.4) is 0 Å². The van der Waals surface area contributed by atoms with Crippen molar-refractivity contribution in [1.29, 1.82) is 0 Å². The van der Waals surface area contributed by atoms with Gasteiger partial charge in [-0.1, -0.05) is 15.9 Å². The summed E-state index contributed by atoms with van der Waals surface area (Å²) < 4.78 is 2.84. The Morgan fingerprint density at radius 1 is 1.38 bits per heavy atom. The lowest BCUT2D eigenvalue weighted by Crippen LogP contribution is -2.06. The highest BCUT2D eigenvalue weighted by molar-refractivity contribution is 9.10. The Morgan fingerprint density at radius 2 is 2.19 bits per heavy atom. The van der Waals surface area contributed by atoms with Crippen molar-refractivity contribution >= 4 is 21.6 Å². The Hall–Kier alpha value is -1.36. The lowest BCUT2D eigenvalue weighted by atomic mass is 10.2. The predicted octanol–water partition coefficient (Wildman–Crippen LogP) is 2.50. The van der Waals surface area contributed by atoms with Crippen LogP contribution in [-0.2, 0) is 13.6 Å². The second-order valence-electron chi connectivity index (χ2n) is 3.67. The van der Waals surface area contributed by atoms with Crippen LogP contribution in [0.2, 0.25) is 0 Å². The molecule has 0 spiro atoms. The van der Waals surface area contributed by atoms with Crippen molar-refractivity contribution in [2.24, 2.45) is 7.05 Å². The van der Waals surface area contributed by atoms with Crippen LogP contribution in [0, 0.1) is 6.92 Å². The molecule has 0 aliphatic rings. The molecule has 0 bridgehead atoms. The van der Waals surface area contributed by atoms with Gasteiger partial charge in [0.25, 0.3) is 0 Å². The largest absolute Gasteiger partial charge is 0.378 e. The zero-order valence-corrected chi connectivity index (χ0v) is 10.8. The lowest BCUT2D eigenvalue weighted by Gasteiger charge is -2.07. The number of nitrogens with zero attached hydrogens (tertiary/aromatic N) is 3. The summed E-state index contributed by atoms with van der Waals surface area (Å²) in [5.74, 6) is 0.914. The number of nitrogens with one attached hydrogen (secondary N) is 1. The molecule has 1 aromatic heterocycles. The second-order valence-corrected chi connectivity index (χ2v) is 4.59. The first-order chi connectivity index (χ1) is 7.65. The first kappa shape index (κ1) is 11.1. The highest BCUT2D eigenvalue weighted by Crippen LogP contribution is 2.19. The molecule has 0 fully saturated rings. The minimum absolute atomic E-state index is 0.673. The molecule has 0 radical (unpaired) electrons. The van der Waals surface area contributed by atoms with Crippen molar-refractivity contribution in [3.63, 3.8) is 0 Å². The number of benzene rings is 1. The van der Waals surface area contributed by atoms with Crippen molar-refractivity contribution in [3.05, 3.63) is 40.4 Å². The summed E-state index contributed by atoms with van der Waals surface area (Å²) in [4.78, 5) is 4.15. The van der Waals surface area contributed by atoms with E-state index in [9.17, 15) is 0 Å². The first-order valence-corrected chi connectivity index (χ1v) is 5.78. The van der Waals surface area contributed by atoms with E-state index in [1.807, 2.05) is 13.1 Å². The standard InChI is InChI=1S/C11H13BrN4/c1-8-3-9(12)5-10(4-8)13-6-11-14-7-15-16(11)2/h3-5,7,13H,6H2,1-2H3. The maximum absolute atomic E-state index is 4.15. The molecule has 2 aromatic rings. The lowest BCUT2D eigenvalue weighted by molar-refractivity contribution is 0.712. The van der Waals surface area contributed by atoms with E-state index >= 15 is 0 Å². The third-order valence-corrected chi connectivity index (χ3v) is 2.76. The second kappa shape index (κ2) is 4.65. The van der Waals surface area contributed by atoms with Crippen molar-refractivity contribution in [3.8, 4) is 0 Å². The van der Waals surface area contributed by atoms with Gasteiger partial charge >= 0.3 is 0 Å². The van der Waals surface area contributed by atoms with Gasteiger partial charge in [-0.3, -0.25) is 4.68 Å². The number of anilines is 1. The summed E-state index contributed by atoms with van der Waals surface area (Å²) in [5.41, 5.74) is 2.30. The Kier molecular flexibility index (Phi) is 3.24. The maximum atomic E-state index is 4.15. The van der Waals surface area contributed by atoms with E-state index in [4.69, 9.17) is 0 Å². The molecule has 1 aromatic carbocycles. The number of rotatable bonds is 3. The summed E-state index contributed by atoms with van der Waals surface area (Å²) >= 11 is 3.47. The molecule has 84 valence electrons. The zero-order chi connectivity index (χ0) is 11.5. The Bertz CT molecular complexity index is 472. The molecule has 0 aliphatic heterocycles. The van der Waals surface area contributed by atoms with Gasteiger partial charge < -0.3 is 5.32 Å². The molecule has 0 unspecified atom stereocenters. The Labute approximate surface area is 103 Å². The van der Waals surface area contributed by atoms with E-state index in [0.717, 1.165) is 16.0 Å². The van der Waals surface area contributed by atoms with Gasteiger partial charge in [-0.25, -0.2) is 4.98 Å². The minimum Gasteiger partial charge on any atom is -0.378 e. The number of aromatic nitrogens is 3. The summed E-state index contributed by atoms with van der Waals surface area (Å²) in [5, 5.41) is 7.34. The molecule has 0 aliphatic carbocycles. The van der Waals surface area contributed by atoms with Crippen molar-refractivity contribution in [2.75, 3.05) is 5.32 Å². The molecule has 1 N–H and O–H groups in total. The molecule has 0 saturated carbocycles. The van der Waals surface area contributed by atoms with Gasteiger partial charge in [0.05, 0.1) is 6.54 Å². The summed E-state index contributed by atoms with van der Waals surface area (Å²) in [6.45, 7) is 2.74. The topological polar surface area (TPSA) is 42.7 Å². The van der Waals surface area contributed by atoms with E-state index in [0.29, 0.717) is 6.54 Å². The summed E-state index contributed by atoms with van der Waals surface area (Å²) in [7, 11) is 1.89. The van der Waals surface area contributed by atoms with Crippen LogP contribution in [0.5, 0.6) is 0 Å². The average Bonchev–Trinajstić information content (AvgIpc) is 2.59. The molecule has 4 nitrogen and oxygen atoms in total. The smallest absolute Gasteiger partial charge is 0.145 e. The van der Waals surface area contributed by atoms with Crippen molar-refractivity contribution in [1.82, 2.24) is 14.8 Å². The van der Waals surface area contributed by atoms with Crippen LogP contribution in [-0.4, -0.2) is 14.8 Å². The third-order valence-electron chi connectivity index (χ3n) is 2.30. The van der Waals surface area contributed by atoms with Crippen LogP contribution in [0.1, 0.15) is 11.4 Å². The van der Waals surface area contributed by atoms with Crippen molar-refractivity contribution in [2.45, 2.75) is 13.5 Å². The zero-order valence-electron chi connectivity index (χ0n) is 9.24. The molecular weight excluding hydrogens is 268 g/mol. The predicted molar refractivity (Wildman–Crippen MR) is 67.2 cm³/mol. The molecule has 1 heterocycles. The number of hydrogen-bond donors (Lipinski definition) is 1. The molecule has 2 rings (SSSR count). The summed E-state index contributed by atoms with van der Waals surface area (Å²) in [6.07, 6.45) is 1.56. The number of hydrogen-bond acceptors (Lipinski definition) is 3. The van der Waals surface area contributed by atoms with Crippen LogP contribution in [0.25, 0.3) is 0 Å². The molecule has 0 atom stereocenters. The summed E-state index contributed by atoms with van der Waals surface area (Å²) in [6, 6.07) is 6.22. The van der Waals surface area contributed by atoms with Crippen LogP contribution < -0.4 is 5.32 Å². The Morgan fingerprint density at radius 3 is 2.81 bits per heavy atom. The van der Waals surface area contributed by atoms with E-state index in [1.54, 1.807) is 11.0 Å². The van der Waals surface area contributed by atoms with E-state index in [2.05, 4.69) is 50.4 Å². The first-order valence-electron chi connectivity index (χ1n) is 4.99. The van der Waals surface area contributed by atoms with E-state index in [-0.39, 0.29) is 0 Å². The quantitative estimate of drug-likeness (QED) is 0.940. The van der Waals surface area contributed by atoms with Gasteiger partial charge in [-0.15, -0.1) is 0 Å². The van der Waals surface area contributed by atoms with Crippen LogP contribution in [0.15, 0.2) is 29.0 Å². The normalized spacial score (nSPS) is 10.4. The number of aryl methyl sites for hydroxylation is 2. The minimum atomic E-state index is 0.673. The van der Waals surface area contributed by atoms with Gasteiger partial charge in [0.15, 0.2) is 0 Å². The van der Waals surface area contributed by atoms with Gasteiger partial charge in [0.1, 0.15) is 12.2 Å². The maximum Gasteiger partial charge on any atom is 0.145 e. The van der Waals surface area contributed by atoms with E-state index < -0.39 is 0 Å². The molecule has 5 heteroatoms. The SMILES string of the molecule is Cc1cc(Br)cc(NCc2ncnn2C)c1. The van der Waals surface area contributed by atoms with Gasteiger partial charge in [-0.05, 0) is 30.7 Å². The highest BCUT2D eigenvalue weighted by atomic mass is 79.9. The van der Waals surface area contributed by atoms with Crippen LogP contribution in [0.4, 0.5) is 5.69 Å². The molecule has 0 amide bonds. The fourth-order valence-electron chi connectivity index (χ4n) is 1.50. The van der Waals surface area contributed by atoms with Crippen LogP contribution >= 0.6 is 15.9 Å². The number of halogens is 1. The monoisotopic (exact) mass is 280 g/mol. The molecule has 0 saturated heterocycles. The highest BCUT2D eigenvalue weighted by Gasteiger charge is 2.01. The van der Waals surface area contributed by atoms with Gasteiger partial charge in [0, 0.05) is 17.2 Å². The van der Waals surface area contributed by atoms with Gasteiger partial charge in [-0.2, -0.15) is 5.10 Å². The third kappa shape index (κ3) is 2.61. The van der Waals surface area contributed by atoms with E-state index in [1.165, 1.54) is 5.56 Å². The fraction of sp³-hybridized carbons (Fsp3) is 0.273. The fourth-order valence-corrected chi connectivity index (χ4v) is 2.11. The average molecular weight is 281 g/mol. The molecule has 16 heavy (non-hydrogen) atoms. The van der Waals surface area contributed by atoms with Crippen molar-refractivity contribution < 1.29 is 0 Å². The molecular formula is C11H13BrN4. The Balaban J connectivity index is 2.07.